The van der Waals surface area contributed by atoms with Gasteiger partial charge in [-0.1, -0.05) is 6.07 Å². The lowest BCUT2D eigenvalue weighted by Gasteiger charge is -2.13. The maximum absolute atomic E-state index is 12.3. The zero-order chi connectivity index (χ0) is 15.2. The second kappa shape index (κ2) is 7.31. The first kappa shape index (κ1) is 15.6. The van der Waals surface area contributed by atoms with E-state index in [0.29, 0.717) is 30.3 Å². The van der Waals surface area contributed by atoms with E-state index in [2.05, 4.69) is 10.6 Å². The van der Waals surface area contributed by atoms with Crippen LogP contribution in [0.25, 0.3) is 0 Å². The number of carbonyl (C=O) groups excluding carboxylic acids is 1. The largest absolute Gasteiger partial charge is 0.379 e. The van der Waals surface area contributed by atoms with Crippen molar-refractivity contribution in [2.45, 2.75) is 13.3 Å². The average molecular weight is 309 g/mol. The number of carbonyl (C=O) groups is 1. The Balaban J connectivity index is 2.14. The van der Waals surface area contributed by atoms with Gasteiger partial charge in [0.1, 0.15) is 5.69 Å². The number of anilines is 1. The molecule has 21 heavy (non-hydrogen) atoms. The van der Waals surface area contributed by atoms with Crippen LogP contribution < -0.4 is 10.6 Å². The fraction of sp³-hybridized carbons (Fsp3) is 0.500. The van der Waals surface area contributed by atoms with Crippen molar-refractivity contribution in [1.82, 2.24) is 5.32 Å². The van der Waals surface area contributed by atoms with E-state index in [1.807, 2.05) is 18.7 Å². The van der Waals surface area contributed by atoms with Crippen molar-refractivity contribution in [3.05, 3.63) is 33.9 Å². The smallest absolute Gasteiger partial charge is 0.293 e. The van der Waals surface area contributed by atoms with Crippen LogP contribution >= 0.6 is 11.8 Å². The highest BCUT2D eigenvalue weighted by atomic mass is 32.2. The van der Waals surface area contributed by atoms with E-state index in [9.17, 15) is 14.9 Å². The van der Waals surface area contributed by atoms with Crippen molar-refractivity contribution in [2.75, 3.05) is 29.9 Å². The van der Waals surface area contributed by atoms with Crippen LogP contribution in [0.5, 0.6) is 0 Å². The molecule has 1 aromatic rings. The minimum atomic E-state index is -0.470. The molecule has 1 fully saturated rings. The number of nitrogens with zero attached hydrogens (tertiary/aromatic N) is 1. The molecule has 0 saturated carbocycles. The van der Waals surface area contributed by atoms with Crippen LogP contribution in [0.2, 0.25) is 0 Å². The molecule has 6 nitrogen and oxygen atoms in total. The van der Waals surface area contributed by atoms with Crippen LogP contribution in [-0.4, -0.2) is 35.4 Å². The number of rotatable bonds is 6. The zero-order valence-corrected chi connectivity index (χ0v) is 12.7. The lowest BCUT2D eigenvalue weighted by molar-refractivity contribution is -0.384. The van der Waals surface area contributed by atoms with E-state index >= 15 is 0 Å². The van der Waals surface area contributed by atoms with Crippen molar-refractivity contribution in [3.8, 4) is 0 Å². The van der Waals surface area contributed by atoms with Gasteiger partial charge in [-0.3, -0.25) is 14.9 Å². The van der Waals surface area contributed by atoms with Crippen LogP contribution in [0.3, 0.4) is 0 Å². The Kier molecular flexibility index (Phi) is 5.44. The summed E-state index contributed by atoms with van der Waals surface area (Å²) in [7, 11) is 0. The Morgan fingerprint density at radius 1 is 1.52 bits per heavy atom. The summed E-state index contributed by atoms with van der Waals surface area (Å²) in [6.07, 6.45) is 1.11. The van der Waals surface area contributed by atoms with Gasteiger partial charge in [0.2, 0.25) is 0 Å². The fourth-order valence-electron chi connectivity index (χ4n) is 2.32. The van der Waals surface area contributed by atoms with Gasteiger partial charge < -0.3 is 10.6 Å². The monoisotopic (exact) mass is 309 g/mol. The van der Waals surface area contributed by atoms with Gasteiger partial charge in [-0.25, -0.2) is 0 Å². The fourth-order valence-corrected chi connectivity index (χ4v) is 3.61. The van der Waals surface area contributed by atoms with Crippen LogP contribution in [0.4, 0.5) is 11.4 Å². The lowest BCUT2D eigenvalue weighted by atomic mass is 10.1. The third kappa shape index (κ3) is 3.87. The molecule has 1 atom stereocenters. The SMILES string of the molecule is CCNc1c(C(=O)NCC2CCSC2)cccc1[N+](=O)[O-]. The third-order valence-corrected chi connectivity index (χ3v) is 4.64. The summed E-state index contributed by atoms with van der Waals surface area (Å²) in [5.41, 5.74) is 0.556. The van der Waals surface area contributed by atoms with Crippen molar-refractivity contribution >= 4 is 29.0 Å². The quantitative estimate of drug-likeness (QED) is 0.623. The third-order valence-electron chi connectivity index (χ3n) is 3.41. The van der Waals surface area contributed by atoms with Gasteiger partial charge in [0.05, 0.1) is 10.5 Å². The van der Waals surface area contributed by atoms with Gasteiger partial charge in [0, 0.05) is 19.2 Å². The molecule has 1 aliphatic heterocycles. The summed E-state index contributed by atoms with van der Waals surface area (Å²) in [4.78, 5) is 22.9. The van der Waals surface area contributed by atoms with Crippen LogP contribution in [0, 0.1) is 16.0 Å². The first-order valence-corrected chi connectivity index (χ1v) is 8.16. The Morgan fingerprint density at radius 3 is 2.95 bits per heavy atom. The molecule has 114 valence electrons. The van der Waals surface area contributed by atoms with Gasteiger partial charge >= 0.3 is 0 Å². The zero-order valence-electron chi connectivity index (χ0n) is 11.9. The Hall–Kier alpha value is -1.76. The molecule has 0 aromatic heterocycles. The predicted octanol–water partition coefficient (Wildman–Crippen LogP) is 2.51. The van der Waals surface area contributed by atoms with Gasteiger partial charge in [-0.15, -0.1) is 0 Å². The van der Waals surface area contributed by atoms with E-state index in [1.54, 1.807) is 12.1 Å². The highest BCUT2D eigenvalue weighted by molar-refractivity contribution is 7.99. The van der Waals surface area contributed by atoms with Gasteiger partial charge in [0.15, 0.2) is 0 Å². The molecule has 1 saturated heterocycles. The minimum absolute atomic E-state index is 0.0686. The van der Waals surface area contributed by atoms with E-state index in [0.717, 1.165) is 17.9 Å². The van der Waals surface area contributed by atoms with E-state index in [-0.39, 0.29) is 11.6 Å². The summed E-state index contributed by atoms with van der Waals surface area (Å²) in [5, 5.41) is 16.9. The minimum Gasteiger partial charge on any atom is -0.379 e. The Labute approximate surface area is 127 Å². The van der Waals surface area contributed by atoms with Crippen molar-refractivity contribution in [1.29, 1.82) is 0 Å². The van der Waals surface area contributed by atoms with Crippen LogP contribution in [0.1, 0.15) is 23.7 Å². The maximum atomic E-state index is 12.3. The number of nitro groups is 1. The van der Waals surface area contributed by atoms with E-state index in [1.165, 1.54) is 6.07 Å². The van der Waals surface area contributed by atoms with Crippen molar-refractivity contribution in [2.24, 2.45) is 5.92 Å². The number of hydrogen-bond donors (Lipinski definition) is 2. The molecule has 7 heteroatoms. The average Bonchev–Trinajstić information content (AvgIpc) is 2.98. The molecular formula is C14H19N3O3S. The molecule has 2 N–H and O–H groups in total. The van der Waals surface area contributed by atoms with E-state index in [4.69, 9.17) is 0 Å². The molecule has 0 aliphatic carbocycles. The maximum Gasteiger partial charge on any atom is 0.293 e. The molecule has 1 amide bonds. The Morgan fingerprint density at radius 2 is 2.33 bits per heavy atom. The second-order valence-corrected chi connectivity index (χ2v) is 6.08. The second-order valence-electron chi connectivity index (χ2n) is 4.93. The number of nitrogens with one attached hydrogen (secondary N) is 2. The topological polar surface area (TPSA) is 84.3 Å². The van der Waals surface area contributed by atoms with Gasteiger partial charge in [-0.2, -0.15) is 11.8 Å². The first-order valence-electron chi connectivity index (χ1n) is 7.00. The summed E-state index contributed by atoms with van der Waals surface area (Å²) in [6.45, 7) is 2.98. The molecule has 1 unspecified atom stereocenters. The van der Waals surface area contributed by atoms with Crippen molar-refractivity contribution < 1.29 is 9.72 Å². The van der Waals surface area contributed by atoms with Gasteiger partial charge in [0.25, 0.3) is 11.6 Å². The standard InChI is InChI=1S/C14H19N3O3S/c1-2-15-13-11(4-3-5-12(13)17(19)20)14(18)16-8-10-6-7-21-9-10/h3-5,10,15H,2,6-9H2,1H3,(H,16,18). The molecule has 1 heterocycles. The first-order chi connectivity index (χ1) is 10.1. The predicted molar refractivity (Wildman–Crippen MR) is 85.0 cm³/mol. The number of thioether (sulfide) groups is 1. The molecule has 0 bridgehead atoms. The summed E-state index contributed by atoms with van der Waals surface area (Å²) >= 11 is 1.89. The Bertz CT molecular complexity index is 530. The lowest BCUT2D eigenvalue weighted by Crippen LogP contribution is -2.30. The van der Waals surface area contributed by atoms with E-state index < -0.39 is 4.92 Å². The number of nitro benzene ring substituents is 1. The molecular weight excluding hydrogens is 290 g/mol. The van der Waals surface area contributed by atoms with Crippen LogP contribution in [-0.2, 0) is 0 Å². The number of benzene rings is 1. The highest BCUT2D eigenvalue weighted by Crippen LogP contribution is 2.28. The summed E-state index contributed by atoms with van der Waals surface area (Å²) < 4.78 is 0. The normalized spacial score (nSPS) is 17.5. The van der Waals surface area contributed by atoms with Crippen LogP contribution in [0.15, 0.2) is 18.2 Å². The van der Waals surface area contributed by atoms with Crippen molar-refractivity contribution in [3.63, 3.8) is 0 Å². The molecule has 0 radical (unpaired) electrons. The molecule has 0 spiro atoms. The number of amides is 1. The number of hydrogen-bond acceptors (Lipinski definition) is 5. The molecule has 1 aliphatic rings. The molecule has 1 aromatic carbocycles. The highest BCUT2D eigenvalue weighted by Gasteiger charge is 2.22. The number of para-hydroxylation sites is 1. The van der Waals surface area contributed by atoms with Gasteiger partial charge in [-0.05, 0) is 36.8 Å². The summed E-state index contributed by atoms with van der Waals surface area (Å²) in [6, 6.07) is 4.56. The summed E-state index contributed by atoms with van der Waals surface area (Å²) in [5.74, 6) is 2.45. The molecule has 2 rings (SSSR count).